The topological polar surface area (TPSA) is 20.2 Å². The van der Waals surface area contributed by atoms with Crippen molar-refractivity contribution in [2.75, 3.05) is 0 Å². The van der Waals surface area contributed by atoms with Gasteiger partial charge in [-0.2, -0.15) is 0 Å². The van der Waals surface area contributed by atoms with Crippen molar-refractivity contribution >= 4 is 0 Å². The Kier molecular flexibility index (Phi) is 2.11. The monoisotopic (exact) mass is 194 g/mol. The molecule has 1 saturated carbocycles. The molecule has 1 aliphatic carbocycles. The first-order valence-corrected chi connectivity index (χ1v) is 4.94. The third-order valence-corrected chi connectivity index (χ3v) is 3.18. The zero-order valence-corrected chi connectivity index (χ0v) is 8.50. The molecular weight excluding hydrogens is 179 g/mol. The summed E-state index contributed by atoms with van der Waals surface area (Å²) in [5.74, 6) is 0.0731. The van der Waals surface area contributed by atoms with Crippen LogP contribution in [-0.2, 0) is 0 Å². The summed E-state index contributed by atoms with van der Waals surface area (Å²) in [7, 11) is 0. The molecule has 76 valence electrons. The van der Waals surface area contributed by atoms with Gasteiger partial charge in [-0.3, -0.25) is 0 Å². The summed E-state index contributed by atoms with van der Waals surface area (Å²) in [6.45, 7) is 4.29. The number of hydrogen-bond donors (Lipinski definition) is 1. The highest BCUT2D eigenvalue weighted by molar-refractivity contribution is 5.21. The van der Waals surface area contributed by atoms with Gasteiger partial charge in [-0.1, -0.05) is 26.0 Å². The molecule has 2 atom stereocenters. The summed E-state index contributed by atoms with van der Waals surface area (Å²) in [5, 5.41) is 9.96. The Balaban J connectivity index is 2.13. The van der Waals surface area contributed by atoms with Crippen molar-refractivity contribution in [1.29, 1.82) is 0 Å². The zero-order chi connectivity index (χ0) is 10.3. The lowest BCUT2D eigenvalue weighted by Crippen LogP contribution is -2.04. The van der Waals surface area contributed by atoms with Gasteiger partial charge < -0.3 is 5.11 Å². The fourth-order valence-electron chi connectivity index (χ4n) is 1.94. The van der Waals surface area contributed by atoms with Gasteiger partial charge in [0.2, 0.25) is 0 Å². The number of halogens is 1. The largest absolute Gasteiger partial charge is 0.388 e. The number of rotatable bonds is 2. The molecule has 0 saturated heterocycles. The van der Waals surface area contributed by atoms with Crippen molar-refractivity contribution in [3.05, 3.63) is 35.6 Å². The summed E-state index contributed by atoms with van der Waals surface area (Å²) in [6.07, 6.45) is 0.608. The van der Waals surface area contributed by atoms with Crippen molar-refractivity contribution in [2.45, 2.75) is 26.4 Å². The summed E-state index contributed by atoms with van der Waals surface area (Å²) < 4.78 is 12.6. The van der Waals surface area contributed by atoms with Gasteiger partial charge in [-0.25, -0.2) is 4.39 Å². The number of hydrogen-bond acceptors (Lipinski definition) is 1. The van der Waals surface area contributed by atoms with Gasteiger partial charge in [0.05, 0.1) is 6.10 Å². The normalized spacial score (nSPS) is 25.9. The van der Waals surface area contributed by atoms with E-state index >= 15 is 0 Å². The Morgan fingerprint density at radius 2 is 1.86 bits per heavy atom. The van der Waals surface area contributed by atoms with Crippen LogP contribution < -0.4 is 0 Å². The molecule has 0 aliphatic heterocycles. The number of aliphatic hydroxyl groups excluding tert-OH is 1. The predicted octanol–water partition coefficient (Wildman–Crippen LogP) is 2.91. The first kappa shape index (κ1) is 9.66. The average molecular weight is 194 g/mol. The van der Waals surface area contributed by atoms with Crippen LogP contribution in [0.5, 0.6) is 0 Å². The molecule has 1 aromatic carbocycles. The van der Waals surface area contributed by atoms with Crippen LogP contribution in [0.2, 0.25) is 0 Å². The Hall–Kier alpha value is -0.890. The van der Waals surface area contributed by atoms with Gasteiger partial charge in [0.15, 0.2) is 0 Å². The lowest BCUT2D eigenvalue weighted by atomic mass is 10.00. The minimum atomic E-state index is -0.439. The highest BCUT2D eigenvalue weighted by atomic mass is 19.1. The van der Waals surface area contributed by atoms with Crippen LogP contribution in [0.25, 0.3) is 0 Å². The second kappa shape index (κ2) is 3.06. The molecule has 0 radical (unpaired) electrons. The van der Waals surface area contributed by atoms with Crippen LogP contribution in [0.15, 0.2) is 24.3 Å². The fourth-order valence-corrected chi connectivity index (χ4v) is 1.94. The molecule has 2 heteroatoms. The second-order valence-corrected chi connectivity index (χ2v) is 4.80. The van der Waals surface area contributed by atoms with Crippen LogP contribution in [0.3, 0.4) is 0 Å². The Morgan fingerprint density at radius 1 is 1.36 bits per heavy atom. The first-order chi connectivity index (χ1) is 6.50. The van der Waals surface area contributed by atoms with Crippen LogP contribution in [0, 0.1) is 17.2 Å². The van der Waals surface area contributed by atoms with E-state index in [1.165, 1.54) is 12.1 Å². The van der Waals surface area contributed by atoms with Crippen molar-refractivity contribution < 1.29 is 9.50 Å². The van der Waals surface area contributed by atoms with E-state index in [4.69, 9.17) is 0 Å². The average Bonchev–Trinajstić information content (AvgIpc) is 2.75. The minimum absolute atomic E-state index is 0.244. The van der Waals surface area contributed by atoms with Gasteiger partial charge in [0, 0.05) is 0 Å². The molecule has 0 amide bonds. The van der Waals surface area contributed by atoms with Crippen LogP contribution >= 0.6 is 0 Å². The van der Waals surface area contributed by atoms with Crippen molar-refractivity contribution in [2.24, 2.45) is 11.3 Å². The molecule has 1 aromatic rings. The van der Waals surface area contributed by atoms with E-state index in [1.807, 2.05) is 0 Å². The first-order valence-electron chi connectivity index (χ1n) is 4.94. The predicted molar refractivity (Wildman–Crippen MR) is 53.2 cm³/mol. The van der Waals surface area contributed by atoms with E-state index in [0.29, 0.717) is 5.92 Å². The molecule has 14 heavy (non-hydrogen) atoms. The maximum Gasteiger partial charge on any atom is 0.123 e. The Morgan fingerprint density at radius 3 is 2.29 bits per heavy atom. The lowest BCUT2D eigenvalue weighted by molar-refractivity contribution is 0.138. The highest BCUT2D eigenvalue weighted by Crippen LogP contribution is 2.57. The van der Waals surface area contributed by atoms with Gasteiger partial charge in [-0.05, 0) is 35.4 Å². The highest BCUT2D eigenvalue weighted by Gasteiger charge is 2.50. The smallest absolute Gasteiger partial charge is 0.123 e. The maximum atomic E-state index is 12.6. The van der Waals surface area contributed by atoms with E-state index in [9.17, 15) is 9.50 Å². The third-order valence-electron chi connectivity index (χ3n) is 3.18. The number of benzene rings is 1. The molecule has 1 N–H and O–H groups in total. The third kappa shape index (κ3) is 1.67. The molecule has 0 bridgehead atoms. The summed E-state index contributed by atoms with van der Waals surface area (Å²) in [6, 6.07) is 6.12. The van der Waals surface area contributed by atoms with Gasteiger partial charge in [-0.15, -0.1) is 0 Å². The van der Waals surface area contributed by atoms with Crippen LogP contribution in [-0.4, -0.2) is 5.11 Å². The SMILES string of the molecule is CC1(C)CC1C(O)c1ccc(F)cc1. The Bertz CT molecular complexity index is 329. The summed E-state index contributed by atoms with van der Waals surface area (Å²) >= 11 is 0. The van der Waals surface area contributed by atoms with Crippen LogP contribution in [0.1, 0.15) is 31.9 Å². The molecule has 2 unspecified atom stereocenters. The van der Waals surface area contributed by atoms with E-state index in [1.54, 1.807) is 12.1 Å². The van der Waals surface area contributed by atoms with Gasteiger partial charge >= 0.3 is 0 Å². The quantitative estimate of drug-likeness (QED) is 0.767. The molecule has 0 spiro atoms. The number of aliphatic hydroxyl groups is 1. The molecule has 1 fully saturated rings. The molecule has 0 heterocycles. The summed E-state index contributed by atoms with van der Waals surface area (Å²) in [5.41, 5.74) is 1.07. The molecular formula is C12H15FO. The fraction of sp³-hybridized carbons (Fsp3) is 0.500. The van der Waals surface area contributed by atoms with E-state index in [2.05, 4.69) is 13.8 Å². The van der Waals surface area contributed by atoms with Gasteiger partial charge in [0.25, 0.3) is 0 Å². The Labute approximate surface area is 83.6 Å². The van der Waals surface area contributed by atoms with Gasteiger partial charge in [0.1, 0.15) is 5.82 Å². The van der Waals surface area contributed by atoms with E-state index in [0.717, 1.165) is 12.0 Å². The van der Waals surface area contributed by atoms with E-state index in [-0.39, 0.29) is 11.2 Å². The van der Waals surface area contributed by atoms with Crippen molar-refractivity contribution in [1.82, 2.24) is 0 Å². The molecule has 1 nitrogen and oxygen atoms in total. The summed E-state index contributed by atoms with van der Waals surface area (Å²) in [4.78, 5) is 0. The van der Waals surface area contributed by atoms with Crippen molar-refractivity contribution in [3.8, 4) is 0 Å². The minimum Gasteiger partial charge on any atom is -0.388 e. The van der Waals surface area contributed by atoms with E-state index < -0.39 is 6.10 Å². The lowest BCUT2D eigenvalue weighted by Gasteiger charge is -2.12. The van der Waals surface area contributed by atoms with Crippen molar-refractivity contribution in [3.63, 3.8) is 0 Å². The molecule has 2 rings (SSSR count). The van der Waals surface area contributed by atoms with Crippen LogP contribution in [0.4, 0.5) is 4.39 Å². The standard InChI is InChI=1S/C12H15FO/c1-12(2)7-10(12)11(14)8-3-5-9(13)6-4-8/h3-6,10-11,14H,7H2,1-2H3. The molecule has 0 aromatic heterocycles. The maximum absolute atomic E-state index is 12.6. The molecule has 1 aliphatic rings. The zero-order valence-electron chi connectivity index (χ0n) is 8.50. The second-order valence-electron chi connectivity index (χ2n) is 4.80.